The van der Waals surface area contributed by atoms with E-state index in [0.29, 0.717) is 5.39 Å². The van der Waals surface area contributed by atoms with Crippen molar-refractivity contribution in [3.63, 3.8) is 0 Å². The standard InChI is InChI=1S/C13H11FO2/c1-16-13(15)8-9-4-2-6-11-10(9)5-3-7-12(11)14/h2-7H,8H2,1H3. The lowest BCUT2D eigenvalue weighted by atomic mass is 10.0. The average Bonchev–Trinajstić information content (AvgIpc) is 2.30. The molecule has 0 amide bonds. The molecule has 0 heterocycles. The molecule has 16 heavy (non-hydrogen) atoms. The molecule has 0 atom stereocenters. The second kappa shape index (κ2) is 4.31. The Bertz CT molecular complexity index is 534. The summed E-state index contributed by atoms with van der Waals surface area (Å²) >= 11 is 0. The summed E-state index contributed by atoms with van der Waals surface area (Å²) in [6.07, 6.45) is 0.164. The number of carbonyl (C=O) groups excluding carboxylic acids is 1. The first-order chi connectivity index (χ1) is 7.72. The number of esters is 1. The normalized spacial score (nSPS) is 10.4. The summed E-state index contributed by atoms with van der Waals surface area (Å²) in [5.74, 6) is -0.596. The molecule has 0 bridgehead atoms. The Hall–Kier alpha value is -1.90. The number of rotatable bonds is 2. The first kappa shape index (κ1) is 10.6. The second-order valence-electron chi connectivity index (χ2n) is 3.51. The Kier molecular flexibility index (Phi) is 2.86. The fourth-order valence-electron chi connectivity index (χ4n) is 1.72. The van der Waals surface area contributed by atoms with E-state index < -0.39 is 0 Å². The van der Waals surface area contributed by atoms with Crippen LogP contribution in [0, 0.1) is 5.82 Å². The zero-order valence-electron chi connectivity index (χ0n) is 8.87. The predicted molar refractivity (Wildman–Crippen MR) is 59.6 cm³/mol. The molecule has 2 aromatic rings. The van der Waals surface area contributed by atoms with Gasteiger partial charge in [0.15, 0.2) is 0 Å². The SMILES string of the molecule is COC(=O)Cc1cccc2c(F)cccc12. The van der Waals surface area contributed by atoms with Crippen LogP contribution < -0.4 is 0 Å². The van der Waals surface area contributed by atoms with Crippen molar-refractivity contribution in [1.29, 1.82) is 0 Å². The predicted octanol–water partition coefficient (Wildman–Crippen LogP) is 2.69. The third kappa shape index (κ3) is 1.89. The van der Waals surface area contributed by atoms with Crippen molar-refractivity contribution in [1.82, 2.24) is 0 Å². The topological polar surface area (TPSA) is 26.3 Å². The lowest BCUT2D eigenvalue weighted by Gasteiger charge is -2.05. The van der Waals surface area contributed by atoms with Gasteiger partial charge in [0.1, 0.15) is 5.82 Å². The molecule has 2 nitrogen and oxygen atoms in total. The number of ether oxygens (including phenoxy) is 1. The van der Waals surface area contributed by atoms with Gasteiger partial charge in [0.25, 0.3) is 0 Å². The fourth-order valence-corrected chi connectivity index (χ4v) is 1.72. The molecule has 3 heteroatoms. The van der Waals surface area contributed by atoms with Crippen LogP contribution >= 0.6 is 0 Å². The lowest BCUT2D eigenvalue weighted by molar-refractivity contribution is -0.139. The van der Waals surface area contributed by atoms with Gasteiger partial charge in [0.05, 0.1) is 13.5 Å². The Morgan fingerprint density at radius 3 is 2.62 bits per heavy atom. The van der Waals surface area contributed by atoms with Gasteiger partial charge in [-0.1, -0.05) is 30.3 Å². The van der Waals surface area contributed by atoms with Gasteiger partial charge < -0.3 is 4.74 Å². The van der Waals surface area contributed by atoms with E-state index in [0.717, 1.165) is 10.9 Å². The third-order valence-corrected chi connectivity index (χ3v) is 2.52. The van der Waals surface area contributed by atoms with E-state index in [1.54, 1.807) is 30.3 Å². The van der Waals surface area contributed by atoms with Gasteiger partial charge in [-0.2, -0.15) is 0 Å². The maximum atomic E-state index is 13.5. The molecule has 0 aromatic heterocycles. The Morgan fingerprint density at radius 2 is 1.88 bits per heavy atom. The number of benzene rings is 2. The van der Waals surface area contributed by atoms with Gasteiger partial charge >= 0.3 is 5.97 Å². The molecule has 0 aliphatic carbocycles. The Morgan fingerprint density at radius 1 is 1.19 bits per heavy atom. The molecule has 0 aliphatic rings. The minimum atomic E-state index is -0.322. The van der Waals surface area contributed by atoms with Crippen molar-refractivity contribution in [3.05, 3.63) is 47.8 Å². The van der Waals surface area contributed by atoms with E-state index in [2.05, 4.69) is 4.74 Å². The summed E-state index contributed by atoms with van der Waals surface area (Å²) in [5, 5.41) is 1.29. The maximum Gasteiger partial charge on any atom is 0.309 e. The summed E-state index contributed by atoms with van der Waals surface area (Å²) in [6, 6.07) is 10.1. The van der Waals surface area contributed by atoms with E-state index in [9.17, 15) is 9.18 Å². The highest BCUT2D eigenvalue weighted by molar-refractivity contribution is 5.89. The van der Waals surface area contributed by atoms with Gasteiger partial charge in [-0.3, -0.25) is 4.79 Å². The van der Waals surface area contributed by atoms with Crippen LogP contribution in [-0.4, -0.2) is 13.1 Å². The van der Waals surface area contributed by atoms with Gasteiger partial charge in [-0.05, 0) is 17.0 Å². The van der Waals surface area contributed by atoms with Crippen molar-refractivity contribution in [2.75, 3.05) is 7.11 Å². The van der Waals surface area contributed by atoms with Gasteiger partial charge in [0.2, 0.25) is 0 Å². The smallest absolute Gasteiger partial charge is 0.309 e. The van der Waals surface area contributed by atoms with Gasteiger partial charge in [0, 0.05) is 5.39 Å². The molecular weight excluding hydrogens is 207 g/mol. The van der Waals surface area contributed by atoms with Crippen LogP contribution in [0.25, 0.3) is 10.8 Å². The van der Waals surface area contributed by atoms with Crippen LogP contribution in [0.2, 0.25) is 0 Å². The second-order valence-corrected chi connectivity index (χ2v) is 3.51. The number of halogens is 1. The molecule has 0 saturated carbocycles. The minimum absolute atomic E-state index is 0.164. The molecule has 0 N–H and O–H groups in total. The number of hydrogen-bond acceptors (Lipinski definition) is 2. The van der Waals surface area contributed by atoms with Crippen molar-refractivity contribution < 1.29 is 13.9 Å². The van der Waals surface area contributed by atoms with E-state index in [-0.39, 0.29) is 18.2 Å². The number of fused-ring (bicyclic) bond motifs is 1. The molecule has 0 unspecified atom stereocenters. The summed E-state index contributed by atoms with van der Waals surface area (Å²) in [4.78, 5) is 11.2. The van der Waals surface area contributed by atoms with E-state index in [1.807, 2.05) is 0 Å². The molecule has 82 valence electrons. The van der Waals surface area contributed by atoms with Gasteiger partial charge in [-0.15, -0.1) is 0 Å². The quantitative estimate of drug-likeness (QED) is 0.724. The molecule has 0 saturated heterocycles. The minimum Gasteiger partial charge on any atom is -0.469 e. The van der Waals surface area contributed by atoms with Crippen LogP contribution in [0.5, 0.6) is 0 Å². The summed E-state index contributed by atoms with van der Waals surface area (Å²) in [6.45, 7) is 0. The summed E-state index contributed by atoms with van der Waals surface area (Å²) < 4.78 is 18.1. The van der Waals surface area contributed by atoms with Crippen molar-refractivity contribution >= 4 is 16.7 Å². The molecular formula is C13H11FO2. The molecule has 2 rings (SSSR count). The lowest BCUT2D eigenvalue weighted by Crippen LogP contribution is -2.04. The molecule has 0 fully saturated rings. The zero-order valence-corrected chi connectivity index (χ0v) is 8.87. The highest BCUT2D eigenvalue weighted by Gasteiger charge is 2.08. The largest absolute Gasteiger partial charge is 0.469 e. The molecule has 0 spiro atoms. The van der Waals surface area contributed by atoms with Gasteiger partial charge in [-0.25, -0.2) is 4.39 Å². The monoisotopic (exact) mass is 218 g/mol. The molecule has 2 aromatic carbocycles. The first-order valence-electron chi connectivity index (χ1n) is 4.95. The highest BCUT2D eigenvalue weighted by Crippen LogP contribution is 2.21. The van der Waals surface area contributed by atoms with Crippen molar-refractivity contribution in [2.45, 2.75) is 6.42 Å². The van der Waals surface area contributed by atoms with E-state index >= 15 is 0 Å². The Balaban J connectivity index is 2.54. The molecule has 0 aliphatic heterocycles. The average molecular weight is 218 g/mol. The van der Waals surface area contributed by atoms with Crippen molar-refractivity contribution in [2.24, 2.45) is 0 Å². The van der Waals surface area contributed by atoms with Crippen LogP contribution in [0.1, 0.15) is 5.56 Å². The van der Waals surface area contributed by atoms with Crippen LogP contribution in [0.3, 0.4) is 0 Å². The third-order valence-electron chi connectivity index (χ3n) is 2.52. The van der Waals surface area contributed by atoms with Crippen molar-refractivity contribution in [3.8, 4) is 0 Å². The van der Waals surface area contributed by atoms with Crippen LogP contribution in [0.4, 0.5) is 4.39 Å². The molecule has 0 radical (unpaired) electrons. The van der Waals surface area contributed by atoms with Crippen LogP contribution in [-0.2, 0) is 16.0 Å². The number of methoxy groups -OCH3 is 1. The highest BCUT2D eigenvalue weighted by atomic mass is 19.1. The maximum absolute atomic E-state index is 13.5. The summed E-state index contributed by atoms with van der Waals surface area (Å²) in [7, 11) is 1.34. The summed E-state index contributed by atoms with van der Waals surface area (Å²) in [5.41, 5.74) is 0.781. The zero-order chi connectivity index (χ0) is 11.5. The van der Waals surface area contributed by atoms with E-state index in [4.69, 9.17) is 0 Å². The van der Waals surface area contributed by atoms with Crippen LogP contribution in [0.15, 0.2) is 36.4 Å². The fraction of sp³-hybridized carbons (Fsp3) is 0.154. The number of hydrogen-bond donors (Lipinski definition) is 0. The van der Waals surface area contributed by atoms with E-state index in [1.165, 1.54) is 13.2 Å². The first-order valence-corrected chi connectivity index (χ1v) is 4.95. The number of carbonyl (C=O) groups is 1. The Labute approximate surface area is 92.6 Å².